The quantitative estimate of drug-likeness (QED) is 0.363. The number of rotatable bonds is 6. The van der Waals surface area contributed by atoms with Crippen LogP contribution < -0.4 is 10.6 Å². The van der Waals surface area contributed by atoms with Gasteiger partial charge in [0.15, 0.2) is 5.60 Å². The van der Waals surface area contributed by atoms with Crippen LogP contribution in [-0.4, -0.2) is 51.7 Å². The summed E-state index contributed by atoms with van der Waals surface area (Å²) < 4.78 is 7.41. The van der Waals surface area contributed by atoms with Gasteiger partial charge in [-0.3, -0.25) is 14.9 Å². The number of anilines is 1. The molecule has 3 heterocycles. The van der Waals surface area contributed by atoms with E-state index in [1.54, 1.807) is 64.4 Å². The van der Waals surface area contributed by atoms with Gasteiger partial charge in [-0.2, -0.15) is 5.10 Å². The van der Waals surface area contributed by atoms with Crippen molar-refractivity contribution in [2.75, 3.05) is 18.4 Å². The summed E-state index contributed by atoms with van der Waals surface area (Å²) in [6, 6.07) is 22.8. The minimum absolute atomic E-state index is 0.150. The van der Waals surface area contributed by atoms with E-state index >= 15 is 0 Å². The first-order chi connectivity index (χ1) is 19.4. The van der Waals surface area contributed by atoms with E-state index < -0.39 is 17.7 Å². The number of carbonyl (C=O) groups excluding carboxylic acids is 3. The van der Waals surface area contributed by atoms with Crippen molar-refractivity contribution in [1.82, 2.24) is 20.0 Å². The number of aromatic nitrogens is 2. The van der Waals surface area contributed by atoms with Crippen LogP contribution in [0.2, 0.25) is 5.02 Å². The SMILES string of the molecule is O=C1Nc2ccc(Cl)cc2C2(CCN(C(=O)C(Cc3ccccc3)NC(=O)c3ccccc3-n3cccn3)C2)O1. The van der Waals surface area contributed by atoms with Crippen LogP contribution >= 0.6 is 11.6 Å². The third kappa shape index (κ3) is 4.91. The molecule has 202 valence electrons. The molecule has 6 rings (SSSR count). The highest BCUT2D eigenvalue weighted by Gasteiger charge is 2.49. The summed E-state index contributed by atoms with van der Waals surface area (Å²) in [6.45, 7) is 0.501. The molecule has 0 bridgehead atoms. The molecule has 1 spiro atoms. The second kappa shape index (κ2) is 10.5. The van der Waals surface area contributed by atoms with E-state index in [1.165, 1.54) is 0 Å². The van der Waals surface area contributed by atoms with Crippen LogP contribution in [0.5, 0.6) is 0 Å². The van der Waals surface area contributed by atoms with Gasteiger partial charge in [-0.15, -0.1) is 0 Å². The molecule has 0 aliphatic carbocycles. The molecule has 2 unspecified atom stereocenters. The fourth-order valence-electron chi connectivity index (χ4n) is 5.43. The van der Waals surface area contributed by atoms with Crippen molar-refractivity contribution in [3.05, 3.63) is 113 Å². The van der Waals surface area contributed by atoms with Gasteiger partial charge < -0.3 is 15.0 Å². The van der Waals surface area contributed by atoms with Crippen molar-refractivity contribution in [3.8, 4) is 5.69 Å². The number of nitrogens with one attached hydrogen (secondary N) is 2. The third-order valence-electron chi connectivity index (χ3n) is 7.33. The smallest absolute Gasteiger partial charge is 0.412 e. The van der Waals surface area contributed by atoms with Crippen LogP contribution in [0.1, 0.15) is 27.9 Å². The van der Waals surface area contributed by atoms with Gasteiger partial charge in [0.1, 0.15) is 6.04 Å². The van der Waals surface area contributed by atoms with Gasteiger partial charge in [0.25, 0.3) is 5.91 Å². The lowest BCUT2D eigenvalue weighted by Crippen LogP contribution is -2.50. The van der Waals surface area contributed by atoms with Crippen molar-refractivity contribution in [2.24, 2.45) is 0 Å². The number of nitrogens with zero attached hydrogens (tertiary/aromatic N) is 3. The Morgan fingerprint density at radius 2 is 1.88 bits per heavy atom. The zero-order chi connectivity index (χ0) is 27.7. The number of fused-ring (bicyclic) bond motifs is 2. The Kier molecular flexibility index (Phi) is 6.73. The Bertz CT molecular complexity index is 1580. The second-order valence-corrected chi connectivity index (χ2v) is 10.3. The summed E-state index contributed by atoms with van der Waals surface area (Å²) >= 11 is 6.28. The zero-order valence-electron chi connectivity index (χ0n) is 21.4. The Morgan fingerprint density at radius 3 is 2.67 bits per heavy atom. The number of hydrogen-bond donors (Lipinski definition) is 2. The standard InChI is InChI=1S/C30H26ClN5O4/c31-21-11-12-24-23(18-21)30(40-29(39)34-24)13-16-35(19-30)28(38)25(17-20-7-2-1-3-8-20)33-27(37)22-9-4-5-10-26(22)36-15-6-14-32-36/h1-12,14-15,18,25H,13,16-17,19H2,(H,33,37)(H,34,39). The Balaban J connectivity index is 1.28. The molecule has 3 aromatic carbocycles. The number of likely N-dealkylation sites (tertiary alicyclic amines) is 1. The lowest BCUT2D eigenvalue weighted by Gasteiger charge is -2.35. The van der Waals surface area contributed by atoms with Crippen molar-refractivity contribution in [1.29, 1.82) is 0 Å². The maximum Gasteiger partial charge on any atom is 0.412 e. The molecule has 1 saturated heterocycles. The van der Waals surface area contributed by atoms with Crippen LogP contribution in [0.15, 0.2) is 91.3 Å². The predicted octanol–water partition coefficient (Wildman–Crippen LogP) is 4.56. The Hall–Kier alpha value is -4.63. The van der Waals surface area contributed by atoms with Crippen molar-refractivity contribution >= 4 is 35.2 Å². The largest absolute Gasteiger partial charge is 0.436 e. The zero-order valence-corrected chi connectivity index (χ0v) is 22.2. The van der Waals surface area contributed by atoms with Crippen LogP contribution in [-0.2, 0) is 21.6 Å². The highest BCUT2D eigenvalue weighted by Crippen LogP contribution is 2.43. The van der Waals surface area contributed by atoms with Gasteiger partial charge in [-0.1, -0.05) is 54.1 Å². The number of ether oxygens (including phenoxy) is 1. The van der Waals surface area contributed by atoms with Crippen LogP contribution in [0, 0.1) is 0 Å². The molecule has 9 nitrogen and oxygen atoms in total. The van der Waals surface area contributed by atoms with Gasteiger partial charge in [0.2, 0.25) is 5.91 Å². The molecule has 1 aromatic heterocycles. The first-order valence-corrected chi connectivity index (χ1v) is 13.3. The Labute approximate surface area is 235 Å². The maximum atomic E-state index is 14.0. The second-order valence-electron chi connectivity index (χ2n) is 9.89. The first kappa shape index (κ1) is 25.6. The van der Waals surface area contributed by atoms with Crippen LogP contribution in [0.4, 0.5) is 10.5 Å². The van der Waals surface area contributed by atoms with Gasteiger partial charge in [-0.05, 0) is 42.0 Å². The minimum Gasteiger partial charge on any atom is -0.436 e. The molecule has 2 atom stereocenters. The third-order valence-corrected chi connectivity index (χ3v) is 7.56. The molecule has 0 saturated carbocycles. The van der Waals surface area contributed by atoms with Crippen LogP contribution in [0.25, 0.3) is 5.69 Å². The van der Waals surface area contributed by atoms with E-state index in [2.05, 4.69) is 15.7 Å². The van der Waals surface area contributed by atoms with E-state index in [0.717, 1.165) is 11.1 Å². The number of amides is 3. The van der Waals surface area contributed by atoms with Crippen molar-refractivity contribution < 1.29 is 19.1 Å². The molecule has 3 amide bonds. The van der Waals surface area contributed by atoms with E-state index in [4.69, 9.17) is 16.3 Å². The number of hydrogen-bond acceptors (Lipinski definition) is 5. The fourth-order valence-corrected chi connectivity index (χ4v) is 5.60. The molecule has 4 aromatic rings. The van der Waals surface area contributed by atoms with Gasteiger partial charge >= 0.3 is 6.09 Å². The Morgan fingerprint density at radius 1 is 1.07 bits per heavy atom. The highest BCUT2D eigenvalue weighted by atomic mass is 35.5. The predicted molar refractivity (Wildman–Crippen MR) is 149 cm³/mol. The van der Waals surface area contributed by atoms with Gasteiger partial charge in [-0.25, -0.2) is 9.48 Å². The molecule has 1 fully saturated rings. The number of para-hydroxylation sites is 1. The summed E-state index contributed by atoms with van der Waals surface area (Å²) in [5.41, 5.74) is 2.22. The molecule has 40 heavy (non-hydrogen) atoms. The highest BCUT2D eigenvalue weighted by molar-refractivity contribution is 6.30. The lowest BCUT2D eigenvalue weighted by molar-refractivity contribution is -0.133. The molecule has 2 aliphatic rings. The normalized spacial score (nSPS) is 18.5. The topological polar surface area (TPSA) is 106 Å². The molecule has 0 radical (unpaired) electrons. The van der Waals surface area contributed by atoms with E-state index in [9.17, 15) is 14.4 Å². The van der Waals surface area contributed by atoms with Crippen molar-refractivity contribution in [2.45, 2.75) is 24.5 Å². The number of benzene rings is 3. The first-order valence-electron chi connectivity index (χ1n) is 12.9. The van der Waals surface area contributed by atoms with Crippen molar-refractivity contribution in [3.63, 3.8) is 0 Å². The summed E-state index contributed by atoms with van der Waals surface area (Å²) in [4.78, 5) is 41.7. The molecular formula is C30H26ClN5O4. The summed E-state index contributed by atoms with van der Waals surface area (Å²) in [5, 5.41) is 10.5. The number of halogens is 1. The van der Waals surface area contributed by atoms with Gasteiger partial charge in [0.05, 0.1) is 23.5 Å². The molecule has 2 aliphatic heterocycles. The van der Waals surface area contributed by atoms with E-state index in [1.807, 2.05) is 36.4 Å². The average Bonchev–Trinajstić information content (AvgIpc) is 3.65. The average molecular weight is 556 g/mol. The maximum absolute atomic E-state index is 14.0. The van der Waals surface area contributed by atoms with E-state index in [0.29, 0.717) is 41.3 Å². The van der Waals surface area contributed by atoms with Gasteiger partial charge in [0, 0.05) is 42.4 Å². The summed E-state index contributed by atoms with van der Waals surface area (Å²) in [6.07, 6.45) is 3.52. The monoisotopic (exact) mass is 555 g/mol. The molecular weight excluding hydrogens is 530 g/mol. The lowest BCUT2D eigenvalue weighted by atomic mass is 9.90. The molecule has 10 heteroatoms. The fraction of sp³-hybridized carbons (Fsp3) is 0.200. The summed E-state index contributed by atoms with van der Waals surface area (Å²) in [5.74, 6) is -0.650. The summed E-state index contributed by atoms with van der Waals surface area (Å²) in [7, 11) is 0. The minimum atomic E-state index is -1.02. The van der Waals surface area contributed by atoms with E-state index in [-0.39, 0.29) is 18.4 Å². The molecule has 2 N–H and O–H groups in total. The van der Waals surface area contributed by atoms with Crippen LogP contribution in [0.3, 0.4) is 0 Å². The number of carbonyl (C=O) groups is 3.